The van der Waals surface area contributed by atoms with Gasteiger partial charge in [0.05, 0.1) is 0 Å². The number of hydrogen-bond donors (Lipinski definition) is 1. The van der Waals surface area contributed by atoms with Gasteiger partial charge in [0.15, 0.2) is 0 Å². The van der Waals surface area contributed by atoms with Crippen molar-refractivity contribution in [1.82, 2.24) is 5.32 Å². The van der Waals surface area contributed by atoms with Gasteiger partial charge in [0, 0.05) is 27.7 Å². The number of hydrogen-bond acceptors (Lipinski definition) is 2. The van der Waals surface area contributed by atoms with Crippen molar-refractivity contribution in [2.75, 3.05) is 7.05 Å². The number of fused-ring (bicyclic) bond motifs is 1. The molecule has 0 spiro atoms. The van der Waals surface area contributed by atoms with Gasteiger partial charge in [-0.3, -0.25) is 0 Å². The summed E-state index contributed by atoms with van der Waals surface area (Å²) in [5.74, 6) is 0.865. The van der Waals surface area contributed by atoms with Gasteiger partial charge in [0.2, 0.25) is 0 Å². The molecular weight excluding hydrogens is 365 g/mol. The molecule has 24 heavy (non-hydrogen) atoms. The Kier molecular flexibility index (Phi) is 6.76. The van der Waals surface area contributed by atoms with Crippen LogP contribution in [0, 0.1) is 0 Å². The van der Waals surface area contributed by atoms with E-state index >= 15 is 0 Å². The van der Waals surface area contributed by atoms with Gasteiger partial charge in [-0.15, -0.1) is 12.4 Å². The second-order valence-corrected chi connectivity index (χ2v) is 6.16. The summed E-state index contributed by atoms with van der Waals surface area (Å²) in [4.78, 5) is 0. The van der Waals surface area contributed by atoms with Crippen molar-refractivity contribution in [3.63, 3.8) is 0 Å². The third-order valence-corrected chi connectivity index (χ3v) is 4.34. The molecule has 0 aliphatic rings. The summed E-state index contributed by atoms with van der Waals surface area (Å²) in [6.45, 7) is 1.15. The number of rotatable bonds is 5. The molecule has 0 aliphatic heterocycles. The fourth-order valence-corrected chi connectivity index (χ4v) is 3.07. The van der Waals surface area contributed by atoms with Gasteiger partial charge >= 0.3 is 0 Å². The molecule has 0 radical (unpaired) electrons. The first-order valence-electron chi connectivity index (χ1n) is 7.41. The van der Waals surface area contributed by atoms with Crippen molar-refractivity contribution in [2.24, 2.45) is 0 Å². The Bertz CT molecular complexity index is 836. The molecule has 3 aromatic carbocycles. The van der Waals surface area contributed by atoms with Crippen LogP contribution in [0.3, 0.4) is 0 Å². The summed E-state index contributed by atoms with van der Waals surface area (Å²) in [6, 6.07) is 17.8. The normalized spacial score (nSPS) is 10.5. The van der Waals surface area contributed by atoms with Gasteiger partial charge in [0.1, 0.15) is 12.4 Å². The highest BCUT2D eigenvalue weighted by molar-refractivity contribution is 6.35. The third-order valence-electron chi connectivity index (χ3n) is 3.75. The Morgan fingerprint density at radius 2 is 1.79 bits per heavy atom. The van der Waals surface area contributed by atoms with E-state index in [4.69, 9.17) is 27.9 Å². The lowest BCUT2D eigenvalue weighted by molar-refractivity contribution is 0.303. The molecule has 1 N–H and O–H groups in total. The fraction of sp³-hybridized carbons (Fsp3) is 0.158. The van der Waals surface area contributed by atoms with E-state index in [1.807, 2.05) is 37.4 Å². The van der Waals surface area contributed by atoms with Crippen molar-refractivity contribution in [2.45, 2.75) is 13.2 Å². The maximum atomic E-state index is 6.21. The zero-order valence-corrected chi connectivity index (χ0v) is 15.5. The first-order valence-corrected chi connectivity index (χ1v) is 8.16. The summed E-state index contributed by atoms with van der Waals surface area (Å²) in [6.07, 6.45) is 0. The van der Waals surface area contributed by atoms with E-state index in [0.717, 1.165) is 23.4 Å². The minimum Gasteiger partial charge on any atom is -0.488 e. The van der Waals surface area contributed by atoms with Crippen molar-refractivity contribution < 1.29 is 4.74 Å². The van der Waals surface area contributed by atoms with Crippen molar-refractivity contribution >= 4 is 46.4 Å². The zero-order chi connectivity index (χ0) is 16.2. The monoisotopic (exact) mass is 381 g/mol. The molecule has 0 heterocycles. The molecule has 0 fully saturated rings. The van der Waals surface area contributed by atoms with Gasteiger partial charge in [-0.2, -0.15) is 0 Å². The number of ether oxygens (including phenoxy) is 1. The average molecular weight is 383 g/mol. The van der Waals surface area contributed by atoms with Gasteiger partial charge < -0.3 is 10.1 Å². The summed E-state index contributed by atoms with van der Waals surface area (Å²) in [5, 5.41) is 6.85. The Hall–Kier alpha value is -1.45. The molecule has 126 valence electrons. The Balaban J connectivity index is 0.00000208. The van der Waals surface area contributed by atoms with Gasteiger partial charge in [0.25, 0.3) is 0 Å². The molecule has 0 aromatic heterocycles. The average Bonchev–Trinajstić information content (AvgIpc) is 2.55. The molecule has 0 atom stereocenters. The van der Waals surface area contributed by atoms with E-state index in [0.29, 0.717) is 16.7 Å². The number of benzene rings is 3. The van der Waals surface area contributed by atoms with Crippen LogP contribution >= 0.6 is 35.6 Å². The van der Waals surface area contributed by atoms with E-state index in [-0.39, 0.29) is 12.4 Å². The quantitative estimate of drug-likeness (QED) is 0.596. The SMILES string of the molecule is CNCc1c(OCc2ccc(Cl)cc2Cl)ccc2ccccc12.Cl. The van der Waals surface area contributed by atoms with Crippen molar-refractivity contribution in [3.05, 3.63) is 75.8 Å². The van der Waals surface area contributed by atoms with E-state index in [1.165, 1.54) is 10.8 Å². The molecule has 0 saturated heterocycles. The molecule has 2 nitrogen and oxygen atoms in total. The van der Waals surface area contributed by atoms with Crippen LogP contribution in [0.4, 0.5) is 0 Å². The zero-order valence-electron chi connectivity index (χ0n) is 13.2. The molecule has 3 aromatic rings. The molecule has 0 bridgehead atoms. The predicted octanol–water partition coefficient (Wildman–Crippen LogP) is 5.87. The van der Waals surface area contributed by atoms with E-state index < -0.39 is 0 Å². The molecule has 0 amide bonds. The van der Waals surface area contributed by atoms with Crippen LogP contribution in [0.2, 0.25) is 10.0 Å². The molecule has 0 saturated carbocycles. The summed E-state index contributed by atoms with van der Waals surface area (Å²) >= 11 is 12.1. The van der Waals surface area contributed by atoms with Crippen molar-refractivity contribution in [1.29, 1.82) is 0 Å². The van der Waals surface area contributed by atoms with Crippen LogP contribution in [0.5, 0.6) is 5.75 Å². The number of nitrogens with one attached hydrogen (secondary N) is 1. The minimum absolute atomic E-state index is 0. The second kappa shape index (κ2) is 8.59. The van der Waals surface area contributed by atoms with Crippen molar-refractivity contribution in [3.8, 4) is 5.75 Å². The first kappa shape index (κ1) is 18.9. The smallest absolute Gasteiger partial charge is 0.124 e. The van der Waals surface area contributed by atoms with Crippen LogP contribution in [0.25, 0.3) is 10.8 Å². The first-order chi connectivity index (χ1) is 11.2. The largest absolute Gasteiger partial charge is 0.488 e. The molecule has 3 rings (SSSR count). The maximum absolute atomic E-state index is 6.21. The van der Waals surface area contributed by atoms with Crippen LogP contribution in [0.1, 0.15) is 11.1 Å². The highest BCUT2D eigenvalue weighted by Gasteiger charge is 2.09. The second-order valence-electron chi connectivity index (χ2n) is 5.32. The highest BCUT2D eigenvalue weighted by atomic mass is 35.5. The lowest BCUT2D eigenvalue weighted by Crippen LogP contribution is -2.08. The van der Waals surface area contributed by atoms with Gasteiger partial charge in [-0.05, 0) is 36.0 Å². The van der Waals surface area contributed by atoms with Crippen LogP contribution in [-0.2, 0) is 13.2 Å². The predicted molar refractivity (Wildman–Crippen MR) is 105 cm³/mol. The maximum Gasteiger partial charge on any atom is 0.124 e. The van der Waals surface area contributed by atoms with Crippen LogP contribution in [-0.4, -0.2) is 7.05 Å². The molecular formula is C19H18Cl3NO. The molecule has 0 unspecified atom stereocenters. The van der Waals surface area contributed by atoms with E-state index in [1.54, 1.807) is 6.07 Å². The van der Waals surface area contributed by atoms with Crippen LogP contribution in [0.15, 0.2) is 54.6 Å². The van der Waals surface area contributed by atoms with E-state index in [9.17, 15) is 0 Å². The minimum atomic E-state index is 0. The summed E-state index contributed by atoms with van der Waals surface area (Å²) in [7, 11) is 1.93. The fourth-order valence-electron chi connectivity index (χ4n) is 2.60. The molecule has 5 heteroatoms. The molecule has 0 aliphatic carbocycles. The van der Waals surface area contributed by atoms with Gasteiger partial charge in [-0.25, -0.2) is 0 Å². The number of halogens is 3. The van der Waals surface area contributed by atoms with E-state index in [2.05, 4.69) is 23.5 Å². The third kappa shape index (κ3) is 4.14. The Morgan fingerprint density at radius 1 is 1.00 bits per heavy atom. The highest BCUT2D eigenvalue weighted by Crippen LogP contribution is 2.29. The topological polar surface area (TPSA) is 21.3 Å². The van der Waals surface area contributed by atoms with Crippen LogP contribution < -0.4 is 10.1 Å². The van der Waals surface area contributed by atoms with Gasteiger partial charge in [-0.1, -0.05) is 59.6 Å². The standard InChI is InChI=1S/C19H17Cl2NO.ClH/c1-22-11-17-16-5-3-2-4-13(16)7-9-19(17)23-12-14-6-8-15(20)10-18(14)21;/h2-10,22H,11-12H2,1H3;1H. The Morgan fingerprint density at radius 3 is 2.54 bits per heavy atom. The summed E-state index contributed by atoms with van der Waals surface area (Å²) < 4.78 is 6.04. The Labute approximate surface area is 158 Å². The lowest BCUT2D eigenvalue weighted by atomic mass is 10.0. The lowest BCUT2D eigenvalue weighted by Gasteiger charge is -2.15. The summed E-state index contributed by atoms with van der Waals surface area (Å²) in [5.41, 5.74) is 2.07.